The fraction of sp³-hybridized carbons (Fsp3) is 0.143. The Morgan fingerprint density at radius 2 is 2.00 bits per heavy atom. The molecule has 0 heterocycles. The first-order valence-corrected chi connectivity index (χ1v) is 6.05. The average Bonchev–Trinajstić information content (AvgIpc) is 2.06. The quantitative estimate of drug-likeness (QED) is 0.656. The number of nitro benzene ring substituents is 1. The summed E-state index contributed by atoms with van der Waals surface area (Å²) < 4.78 is 22.3. The van der Waals surface area contributed by atoms with Crippen molar-refractivity contribution in [1.82, 2.24) is 0 Å². The summed E-state index contributed by atoms with van der Waals surface area (Å²) in [6.45, 7) is 1.44. The monoisotopic (exact) mass is 294 g/mol. The lowest BCUT2D eigenvalue weighted by Crippen LogP contribution is -2.13. The number of nitrogens with two attached hydrogens (primary N) is 1. The van der Waals surface area contributed by atoms with Crippen molar-refractivity contribution in [2.45, 2.75) is 11.8 Å². The molecule has 0 aromatic heterocycles. The predicted octanol–water partition coefficient (Wildman–Crippen LogP) is 1.31. The van der Waals surface area contributed by atoms with Gasteiger partial charge >= 0.3 is 0 Å². The molecule has 0 spiro atoms. The lowest BCUT2D eigenvalue weighted by Gasteiger charge is -2.05. The topological polar surface area (TPSA) is 103 Å². The van der Waals surface area contributed by atoms with Gasteiger partial charge in [-0.3, -0.25) is 10.1 Å². The van der Waals surface area contributed by atoms with Crippen LogP contribution in [0.25, 0.3) is 0 Å². The van der Waals surface area contributed by atoms with Crippen molar-refractivity contribution in [2.75, 3.05) is 0 Å². The van der Waals surface area contributed by atoms with Gasteiger partial charge in [-0.1, -0.05) is 0 Å². The molecule has 8 heteroatoms. The summed E-state index contributed by atoms with van der Waals surface area (Å²) in [6, 6.07) is 2.21. The number of halogens is 1. The standard InChI is InChI=1S/C7H7BrN2O4S/c1-4-5(10(11)12)2-3-6(7(4)8)15(9,13)14/h2-3H,1H3,(H2,9,13,14). The molecular weight excluding hydrogens is 288 g/mol. The highest BCUT2D eigenvalue weighted by atomic mass is 79.9. The first-order chi connectivity index (χ1) is 6.75. The molecule has 0 saturated heterocycles. The molecule has 0 radical (unpaired) electrons. The van der Waals surface area contributed by atoms with Crippen LogP contribution in [0.15, 0.2) is 21.5 Å². The van der Waals surface area contributed by atoms with Crippen molar-refractivity contribution in [1.29, 1.82) is 0 Å². The SMILES string of the molecule is Cc1c([N+](=O)[O-])ccc(S(N)(=O)=O)c1Br. The molecule has 1 aromatic carbocycles. The molecule has 0 fully saturated rings. The lowest BCUT2D eigenvalue weighted by molar-refractivity contribution is -0.385. The number of benzene rings is 1. The fourth-order valence-electron chi connectivity index (χ4n) is 1.07. The van der Waals surface area contributed by atoms with E-state index in [1.165, 1.54) is 6.92 Å². The van der Waals surface area contributed by atoms with Crippen LogP contribution < -0.4 is 5.14 Å². The lowest BCUT2D eigenvalue weighted by atomic mass is 10.2. The largest absolute Gasteiger partial charge is 0.273 e. The summed E-state index contributed by atoms with van der Waals surface area (Å²) in [5.74, 6) is 0. The van der Waals surface area contributed by atoms with Crippen LogP contribution in [-0.2, 0) is 10.0 Å². The highest BCUT2D eigenvalue weighted by Crippen LogP contribution is 2.31. The van der Waals surface area contributed by atoms with Gasteiger partial charge in [0.1, 0.15) is 0 Å². The van der Waals surface area contributed by atoms with Crippen LogP contribution in [0.1, 0.15) is 5.56 Å². The summed E-state index contributed by atoms with van der Waals surface area (Å²) in [5, 5.41) is 15.5. The molecule has 0 aliphatic rings. The van der Waals surface area contributed by atoms with Crippen molar-refractivity contribution in [3.63, 3.8) is 0 Å². The Balaban J connectivity index is 3.55. The Labute approximate surface area is 94.4 Å². The van der Waals surface area contributed by atoms with Gasteiger partial charge in [-0.2, -0.15) is 0 Å². The smallest absolute Gasteiger partial charge is 0.258 e. The third-order valence-electron chi connectivity index (χ3n) is 1.83. The number of nitrogens with zero attached hydrogens (tertiary/aromatic N) is 1. The van der Waals surface area contributed by atoms with Gasteiger partial charge in [-0.15, -0.1) is 0 Å². The van der Waals surface area contributed by atoms with Crippen LogP contribution in [0.3, 0.4) is 0 Å². The second-order valence-electron chi connectivity index (χ2n) is 2.82. The molecule has 0 atom stereocenters. The molecule has 1 aromatic rings. The zero-order chi connectivity index (χ0) is 11.8. The van der Waals surface area contributed by atoms with Crippen molar-refractivity contribution < 1.29 is 13.3 Å². The highest BCUT2D eigenvalue weighted by molar-refractivity contribution is 9.10. The summed E-state index contributed by atoms with van der Waals surface area (Å²) in [7, 11) is -3.87. The van der Waals surface area contributed by atoms with E-state index >= 15 is 0 Å². The molecule has 2 N–H and O–H groups in total. The molecule has 0 amide bonds. The van der Waals surface area contributed by atoms with E-state index in [-0.39, 0.29) is 20.6 Å². The van der Waals surface area contributed by atoms with Crippen molar-refractivity contribution in [3.05, 3.63) is 32.3 Å². The molecule has 0 bridgehead atoms. The molecule has 82 valence electrons. The first-order valence-electron chi connectivity index (χ1n) is 3.71. The second kappa shape index (κ2) is 3.87. The van der Waals surface area contributed by atoms with E-state index in [0.717, 1.165) is 12.1 Å². The third kappa shape index (κ3) is 2.33. The first kappa shape index (κ1) is 12.1. The molecule has 0 saturated carbocycles. The third-order valence-corrected chi connectivity index (χ3v) is 4.06. The molecule has 1 rings (SSSR count). The Morgan fingerprint density at radius 3 is 2.40 bits per heavy atom. The van der Waals surface area contributed by atoms with Crippen molar-refractivity contribution in [2.24, 2.45) is 5.14 Å². The Morgan fingerprint density at radius 1 is 1.47 bits per heavy atom. The fourth-order valence-corrected chi connectivity index (χ4v) is 2.74. The van der Waals surface area contributed by atoms with E-state index in [9.17, 15) is 18.5 Å². The average molecular weight is 295 g/mol. The van der Waals surface area contributed by atoms with Gasteiger partial charge in [-0.25, -0.2) is 13.6 Å². The number of rotatable bonds is 2. The molecule has 0 aliphatic carbocycles. The van der Waals surface area contributed by atoms with Crippen LogP contribution in [0.4, 0.5) is 5.69 Å². The van der Waals surface area contributed by atoms with Crippen LogP contribution in [-0.4, -0.2) is 13.3 Å². The highest BCUT2D eigenvalue weighted by Gasteiger charge is 2.20. The van der Waals surface area contributed by atoms with E-state index < -0.39 is 14.9 Å². The summed E-state index contributed by atoms with van der Waals surface area (Å²) in [4.78, 5) is 9.79. The minimum atomic E-state index is -3.87. The van der Waals surface area contributed by atoms with Gasteiger partial charge in [0.25, 0.3) is 5.69 Å². The van der Waals surface area contributed by atoms with E-state index in [0.29, 0.717) is 0 Å². The van der Waals surface area contributed by atoms with Crippen LogP contribution in [0.5, 0.6) is 0 Å². The molecule has 6 nitrogen and oxygen atoms in total. The normalized spacial score (nSPS) is 11.4. The maximum absolute atomic E-state index is 11.1. The Bertz CT molecular complexity index is 526. The van der Waals surface area contributed by atoms with E-state index in [1.807, 2.05) is 0 Å². The van der Waals surface area contributed by atoms with Crippen molar-refractivity contribution >= 4 is 31.6 Å². The van der Waals surface area contributed by atoms with Gasteiger partial charge in [0.05, 0.1) is 9.82 Å². The number of hydrogen-bond donors (Lipinski definition) is 1. The second-order valence-corrected chi connectivity index (χ2v) is 5.15. The maximum Gasteiger partial charge on any atom is 0.273 e. The van der Waals surface area contributed by atoms with E-state index in [2.05, 4.69) is 15.9 Å². The number of hydrogen-bond acceptors (Lipinski definition) is 4. The van der Waals surface area contributed by atoms with E-state index in [4.69, 9.17) is 5.14 Å². The van der Waals surface area contributed by atoms with Gasteiger partial charge in [0.15, 0.2) is 0 Å². The Hall–Kier alpha value is -0.990. The zero-order valence-corrected chi connectivity index (χ0v) is 10.0. The van der Waals surface area contributed by atoms with Crippen LogP contribution in [0, 0.1) is 17.0 Å². The van der Waals surface area contributed by atoms with Crippen LogP contribution >= 0.6 is 15.9 Å². The minimum absolute atomic E-state index is 0.124. The van der Waals surface area contributed by atoms with Gasteiger partial charge in [0.2, 0.25) is 10.0 Å². The predicted molar refractivity (Wildman–Crippen MR) is 56.9 cm³/mol. The Kier molecular flexibility index (Phi) is 3.12. The molecular formula is C7H7BrN2O4S. The van der Waals surface area contributed by atoms with Gasteiger partial charge < -0.3 is 0 Å². The molecule has 0 unspecified atom stereocenters. The maximum atomic E-state index is 11.1. The number of sulfonamides is 1. The number of nitro groups is 1. The van der Waals surface area contributed by atoms with Gasteiger partial charge in [0, 0.05) is 16.1 Å². The van der Waals surface area contributed by atoms with Crippen molar-refractivity contribution in [3.8, 4) is 0 Å². The van der Waals surface area contributed by atoms with E-state index in [1.54, 1.807) is 0 Å². The summed E-state index contributed by atoms with van der Waals surface area (Å²) in [5.41, 5.74) is 0.0702. The summed E-state index contributed by atoms with van der Waals surface area (Å²) >= 11 is 2.97. The molecule has 15 heavy (non-hydrogen) atoms. The van der Waals surface area contributed by atoms with Gasteiger partial charge in [-0.05, 0) is 28.9 Å². The van der Waals surface area contributed by atoms with Crippen LogP contribution in [0.2, 0.25) is 0 Å². The number of primary sulfonamides is 1. The minimum Gasteiger partial charge on any atom is -0.258 e. The summed E-state index contributed by atoms with van der Waals surface area (Å²) in [6.07, 6.45) is 0. The molecule has 0 aliphatic heterocycles. The zero-order valence-electron chi connectivity index (χ0n) is 7.60.